The molecule has 0 aliphatic carbocycles. The summed E-state index contributed by atoms with van der Waals surface area (Å²) in [6.45, 7) is 2.33. The molecule has 0 aliphatic rings. The summed E-state index contributed by atoms with van der Waals surface area (Å²) in [5, 5.41) is 2.61. The van der Waals surface area contributed by atoms with Gasteiger partial charge in [0, 0.05) is 25.0 Å². The van der Waals surface area contributed by atoms with Gasteiger partial charge in [-0.3, -0.25) is 4.79 Å². The summed E-state index contributed by atoms with van der Waals surface area (Å²) in [5.74, 6) is 0.786. The molecule has 0 aliphatic heterocycles. The van der Waals surface area contributed by atoms with E-state index in [4.69, 9.17) is 0 Å². The number of nitrogens with one attached hydrogen (secondary N) is 1. The highest BCUT2D eigenvalue weighted by Crippen LogP contribution is 2.18. The van der Waals surface area contributed by atoms with Crippen molar-refractivity contribution in [1.29, 1.82) is 0 Å². The van der Waals surface area contributed by atoms with Gasteiger partial charge in [-0.15, -0.1) is 0 Å². The molecule has 1 aromatic carbocycles. The van der Waals surface area contributed by atoms with Crippen molar-refractivity contribution in [2.75, 3.05) is 7.05 Å². The van der Waals surface area contributed by atoms with Gasteiger partial charge in [-0.05, 0) is 13.0 Å². The molecule has 0 bridgehead atoms. The molecule has 88 valence electrons. The molecule has 17 heavy (non-hydrogen) atoms. The molecule has 0 fully saturated rings. The first-order valence-corrected chi connectivity index (χ1v) is 5.49. The Morgan fingerprint density at radius 3 is 3.00 bits per heavy atom. The Morgan fingerprint density at radius 2 is 2.29 bits per heavy atom. The number of nitrogens with zero attached hydrogens (tertiary/aromatic N) is 2. The van der Waals surface area contributed by atoms with Crippen molar-refractivity contribution < 1.29 is 4.79 Å². The van der Waals surface area contributed by atoms with Crippen LogP contribution in [0.3, 0.4) is 0 Å². The van der Waals surface area contributed by atoms with Crippen molar-refractivity contribution >= 4 is 5.91 Å². The van der Waals surface area contributed by atoms with Gasteiger partial charge in [0.1, 0.15) is 12.4 Å². The summed E-state index contributed by atoms with van der Waals surface area (Å²) >= 11 is 0. The third-order valence-electron chi connectivity index (χ3n) is 2.58. The lowest BCUT2D eigenvalue weighted by atomic mass is 10.1. The predicted molar refractivity (Wildman–Crippen MR) is 66.5 cm³/mol. The number of aryl methyl sites for hydroxylation is 1. The van der Waals surface area contributed by atoms with Gasteiger partial charge in [0.25, 0.3) is 0 Å². The van der Waals surface area contributed by atoms with Gasteiger partial charge < -0.3 is 9.88 Å². The van der Waals surface area contributed by atoms with Crippen LogP contribution in [0.4, 0.5) is 0 Å². The fraction of sp³-hybridized carbons (Fsp3) is 0.231. The van der Waals surface area contributed by atoms with Gasteiger partial charge in [-0.25, -0.2) is 4.98 Å². The maximum atomic E-state index is 11.4. The number of rotatable bonds is 3. The van der Waals surface area contributed by atoms with E-state index < -0.39 is 0 Å². The van der Waals surface area contributed by atoms with E-state index in [-0.39, 0.29) is 5.91 Å². The van der Waals surface area contributed by atoms with Gasteiger partial charge in [-0.2, -0.15) is 0 Å². The Morgan fingerprint density at radius 1 is 1.47 bits per heavy atom. The number of hydrogen-bond donors (Lipinski definition) is 1. The van der Waals surface area contributed by atoms with Crippen LogP contribution in [0.5, 0.6) is 0 Å². The Balaban J connectivity index is 2.33. The molecule has 0 atom stereocenters. The Bertz CT molecular complexity index is 531. The van der Waals surface area contributed by atoms with Crippen molar-refractivity contribution in [3.8, 4) is 11.4 Å². The number of amides is 1. The molecule has 4 nitrogen and oxygen atoms in total. The molecule has 2 rings (SSSR count). The lowest BCUT2D eigenvalue weighted by molar-refractivity contribution is -0.121. The molecule has 0 radical (unpaired) electrons. The highest BCUT2D eigenvalue weighted by atomic mass is 16.1. The first kappa shape index (κ1) is 11.4. The van der Waals surface area contributed by atoms with Gasteiger partial charge in [0.15, 0.2) is 0 Å². The minimum absolute atomic E-state index is 0.0306. The number of benzene rings is 1. The topological polar surface area (TPSA) is 46.9 Å². The molecule has 1 amide bonds. The van der Waals surface area contributed by atoms with Crippen LogP contribution in [0.25, 0.3) is 11.4 Å². The molecule has 0 saturated carbocycles. The number of hydrogen-bond acceptors (Lipinski definition) is 2. The van der Waals surface area contributed by atoms with E-state index in [1.54, 1.807) is 13.2 Å². The summed E-state index contributed by atoms with van der Waals surface area (Å²) in [7, 11) is 1.63. The zero-order valence-electron chi connectivity index (χ0n) is 9.97. The predicted octanol–water partition coefficient (Wildman–Crippen LogP) is 1.60. The van der Waals surface area contributed by atoms with E-state index in [2.05, 4.69) is 16.4 Å². The first-order valence-electron chi connectivity index (χ1n) is 5.49. The van der Waals surface area contributed by atoms with Crippen LogP contribution in [-0.4, -0.2) is 22.5 Å². The summed E-state index contributed by atoms with van der Waals surface area (Å²) in [5.41, 5.74) is 2.20. The van der Waals surface area contributed by atoms with Gasteiger partial charge in [0.05, 0.1) is 0 Å². The van der Waals surface area contributed by atoms with Crippen LogP contribution in [0.2, 0.25) is 0 Å². The largest absolute Gasteiger partial charge is 0.358 e. The van der Waals surface area contributed by atoms with E-state index >= 15 is 0 Å². The molecule has 1 aromatic heterocycles. The zero-order chi connectivity index (χ0) is 12.3. The summed E-state index contributed by atoms with van der Waals surface area (Å²) < 4.78 is 1.84. The minimum Gasteiger partial charge on any atom is -0.358 e. The van der Waals surface area contributed by atoms with E-state index in [1.165, 1.54) is 5.56 Å². The van der Waals surface area contributed by atoms with Crippen molar-refractivity contribution in [2.45, 2.75) is 13.5 Å². The monoisotopic (exact) mass is 229 g/mol. The molecule has 0 saturated heterocycles. The number of imidazole rings is 1. The second-order valence-corrected chi connectivity index (χ2v) is 3.92. The van der Waals surface area contributed by atoms with E-state index in [1.807, 2.05) is 35.9 Å². The van der Waals surface area contributed by atoms with E-state index in [0.29, 0.717) is 6.54 Å². The van der Waals surface area contributed by atoms with E-state index in [0.717, 1.165) is 11.4 Å². The average molecular weight is 229 g/mol. The molecule has 1 heterocycles. The van der Waals surface area contributed by atoms with Gasteiger partial charge in [0.2, 0.25) is 5.91 Å². The maximum Gasteiger partial charge on any atom is 0.239 e. The second-order valence-electron chi connectivity index (χ2n) is 3.92. The molecule has 1 N–H and O–H groups in total. The Labute approximate surface area is 100 Å². The van der Waals surface area contributed by atoms with Gasteiger partial charge >= 0.3 is 0 Å². The van der Waals surface area contributed by atoms with Crippen molar-refractivity contribution in [3.63, 3.8) is 0 Å². The normalized spacial score (nSPS) is 10.2. The highest BCUT2D eigenvalue weighted by molar-refractivity contribution is 5.76. The molecule has 0 spiro atoms. The van der Waals surface area contributed by atoms with Crippen LogP contribution < -0.4 is 5.32 Å². The molecule has 0 unspecified atom stereocenters. The SMILES string of the molecule is CNC(=O)Cn1ccnc1-c1cccc(C)c1. The molecular formula is C13H15N3O. The molecular weight excluding hydrogens is 214 g/mol. The zero-order valence-corrected chi connectivity index (χ0v) is 9.97. The van der Waals surface area contributed by atoms with Gasteiger partial charge in [-0.1, -0.05) is 23.8 Å². The third-order valence-corrected chi connectivity index (χ3v) is 2.58. The van der Waals surface area contributed by atoms with Crippen molar-refractivity contribution in [3.05, 3.63) is 42.2 Å². The average Bonchev–Trinajstić information content (AvgIpc) is 2.77. The fourth-order valence-electron chi connectivity index (χ4n) is 1.72. The second kappa shape index (κ2) is 4.82. The van der Waals surface area contributed by atoms with E-state index in [9.17, 15) is 4.79 Å². The standard InChI is InChI=1S/C13H15N3O/c1-10-4-3-5-11(8-10)13-15-6-7-16(13)9-12(17)14-2/h3-8H,9H2,1-2H3,(H,14,17). The molecule has 4 heteroatoms. The van der Waals surface area contributed by atoms with Crippen LogP contribution in [0.1, 0.15) is 5.56 Å². The number of likely N-dealkylation sites (N-methyl/N-ethyl adjacent to an activating group) is 1. The quantitative estimate of drug-likeness (QED) is 0.869. The Kier molecular flexibility index (Phi) is 3.23. The molecule has 2 aromatic rings. The van der Waals surface area contributed by atoms with Crippen LogP contribution in [0.15, 0.2) is 36.7 Å². The lowest BCUT2D eigenvalue weighted by Crippen LogP contribution is -2.23. The lowest BCUT2D eigenvalue weighted by Gasteiger charge is -2.07. The number of aromatic nitrogens is 2. The number of carbonyl (C=O) groups excluding carboxylic acids is 1. The van der Waals surface area contributed by atoms with Crippen LogP contribution >= 0.6 is 0 Å². The smallest absolute Gasteiger partial charge is 0.239 e. The maximum absolute atomic E-state index is 11.4. The summed E-state index contributed by atoms with van der Waals surface area (Å²) in [6.07, 6.45) is 3.52. The minimum atomic E-state index is -0.0306. The third kappa shape index (κ3) is 2.53. The number of carbonyl (C=O) groups is 1. The Hall–Kier alpha value is -2.10. The van der Waals surface area contributed by atoms with Crippen molar-refractivity contribution in [1.82, 2.24) is 14.9 Å². The fourth-order valence-corrected chi connectivity index (χ4v) is 1.72. The van der Waals surface area contributed by atoms with Crippen LogP contribution in [-0.2, 0) is 11.3 Å². The van der Waals surface area contributed by atoms with Crippen LogP contribution in [0, 0.1) is 6.92 Å². The highest BCUT2D eigenvalue weighted by Gasteiger charge is 2.08. The summed E-state index contributed by atoms with van der Waals surface area (Å²) in [4.78, 5) is 15.7. The summed E-state index contributed by atoms with van der Waals surface area (Å²) in [6, 6.07) is 8.08. The first-order chi connectivity index (χ1) is 8.20. The van der Waals surface area contributed by atoms with Crippen molar-refractivity contribution in [2.24, 2.45) is 0 Å².